The third kappa shape index (κ3) is 2.73. The lowest BCUT2D eigenvalue weighted by Crippen LogP contribution is -2.46. The van der Waals surface area contributed by atoms with E-state index in [1.807, 2.05) is 30.3 Å². The number of alkyl halides is 1. The lowest BCUT2D eigenvalue weighted by Gasteiger charge is -2.27. The molecule has 0 saturated carbocycles. The van der Waals surface area contributed by atoms with Crippen LogP contribution < -0.4 is 0 Å². The SMILES string of the molecule is CC1(C)OC(=O)N(C(=O)CCl)[C@H]1Cc1ccccc1. The van der Waals surface area contributed by atoms with Crippen molar-refractivity contribution in [3.63, 3.8) is 0 Å². The zero-order valence-electron chi connectivity index (χ0n) is 10.9. The largest absolute Gasteiger partial charge is 0.441 e. The molecule has 0 aliphatic carbocycles. The summed E-state index contributed by atoms with van der Waals surface area (Å²) >= 11 is 5.56. The lowest BCUT2D eigenvalue weighted by atomic mass is 9.92. The second-order valence-corrected chi connectivity index (χ2v) is 5.34. The molecule has 1 atom stereocenters. The van der Waals surface area contributed by atoms with E-state index in [1.54, 1.807) is 13.8 Å². The molecule has 0 radical (unpaired) electrons. The number of halogens is 1. The molecule has 4 nitrogen and oxygen atoms in total. The van der Waals surface area contributed by atoms with Crippen LogP contribution in [-0.4, -0.2) is 34.4 Å². The highest BCUT2D eigenvalue weighted by atomic mass is 35.5. The van der Waals surface area contributed by atoms with Gasteiger partial charge in [0.05, 0.1) is 6.04 Å². The summed E-state index contributed by atoms with van der Waals surface area (Å²) in [4.78, 5) is 24.8. The number of nitrogens with zero attached hydrogens (tertiary/aromatic N) is 1. The molecular weight excluding hydrogens is 266 g/mol. The maximum Gasteiger partial charge on any atom is 0.417 e. The average molecular weight is 282 g/mol. The molecule has 0 aromatic heterocycles. The van der Waals surface area contributed by atoms with Crippen LogP contribution in [0.3, 0.4) is 0 Å². The Morgan fingerprint density at radius 1 is 1.37 bits per heavy atom. The second kappa shape index (κ2) is 5.21. The summed E-state index contributed by atoms with van der Waals surface area (Å²) in [6.07, 6.45) is -0.0565. The topological polar surface area (TPSA) is 46.6 Å². The average Bonchev–Trinajstić information content (AvgIpc) is 2.59. The first-order valence-corrected chi connectivity index (χ1v) is 6.64. The van der Waals surface area contributed by atoms with Crippen molar-refractivity contribution in [2.24, 2.45) is 0 Å². The van der Waals surface area contributed by atoms with E-state index >= 15 is 0 Å². The predicted octanol–water partition coefficient (Wildman–Crippen LogP) is 2.59. The van der Waals surface area contributed by atoms with Crippen molar-refractivity contribution in [3.05, 3.63) is 35.9 Å². The van der Waals surface area contributed by atoms with Crippen LogP contribution in [0.15, 0.2) is 30.3 Å². The van der Waals surface area contributed by atoms with Gasteiger partial charge in [0.1, 0.15) is 11.5 Å². The van der Waals surface area contributed by atoms with Crippen LogP contribution in [0.5, 0.6) is 0 Å². The summed E-state index contributed by atoms with van der Waals surface area (Å²) in [5.74, 6) is -0.644. The quantitative estimate of drug-likeness (QED) is 0.800. The number of cyclic esters (lactones) is 1. The first kappa shape index (κ1) is 13.9. The number of benzene rings is 1. The molecule has 102 valence electrons. The number of carbonyl (C=O) groups excluding carboxylic acids is 2. The summed E-state index contributed by atoms with van der Waals surface area (Å²) in [5.41, 5.74) is 0.334. The van der Waals surface area contributed by atoms with Crippen molar-refractivity contribution in [1.82, 2.24) is 4.90 Å². The smallest absolute Gasteiger partial charge is 0.417 e. The Morgan fingerprint density at radius 3 is 2.58 bits per heavy atom. The van der Waals surface area contributed by atoms with Crippen molar-refractivity contribution in [3.8, 4) is 0 Å². The minimum atomic E-state index is -0.714. The minimum absolute atomic E-state index is 0.226. The molecule has 2 amide bonds. The van der Waals surface area contributed by atoms with Crippen LogP contribution >= 0.6 is 11.6 Å². The molecule has 0 spiro atoms. The van der Waals surface area contributed by atoms with Gasteiger partial charge in [0.15, 0.2) is 0 Å². The van der Waals surface area contributed by atoms with E-state index in [4.69, 9.17) is 16.3 Å². The molecule has 1 fully saturated rings. The van der Waals surface area contributed by atoms with Crippen LogP contribution in [0.4, 0.5) is 4.79 Å². The Morgan fingerprint density at radius 2 is 2.00 bits per heavy atom. The van der Waals surface area contributed by atoms with Crippen molar-refractivity contribution in [2.45, 2.75) is 31.9 Å². The molecule has 1 saturated heterocycles. The summed E-state index contributed by atoms with van der Waals surface area (Å²) in [6, 6.07) is 9.35. The number of amides is 2. The molecule has 1 aliphatic rings. The van der Waals surface area contributed by atoms with Gasteiger partial charge in [-0.05, 0) is 25.8 Å². The number of carbonyl (C=O) groups is 2. The summed E-state index contributed by atoms with van der Waals surface area (Å²) in [6.45, 7) is 3.61. The van der Waals surface area contributed by atoms with Gasteiger partial charge >= 0.3 is 6.09 Å². The van der Waals surface area contributed by atoms with Crippen LogP contribution in [0, 0.1) is 0 Å². The fourth-order valence-electron chi connectivity index (χ4n) is 2.29. The van der Waals surface area contributed by atoms with Gasteiger partial charge in [-0.2, -0.15) is 0 Å². The zero-order chi connectivity index (χ0) is 14.0. The molecule has 1 aromatic carbocycles. The first-order chi connectivity index (χ1) is 8.95. The van der Waals surface area contributed by atoms with Crippen LogP contribution in [-0.2, 0) is 16.0 Å². The molecule has 1 aliphatic heterocycles. The van der Waals surface area contributed by atoms with Gasteiger partial charge in [-0.15, -0.1) is 11.6 Å². The van der Waals surface area contributed by atoms with Crippen molar-refractivity contribution >= 4 is 23.6 Å². The van der Waals surface area contributed by atoms with E-state index < -0.39 is 17.6 Å². The van der Waals surface area contributed by atoms with Gasteiger partial charge < -0.3 is 4.74 Å². The van der Waals surface area contributed by atoms with Crippen LogP contribution in [0.2, 0.25) is 0 Å². The Balaban J connectivity index is 2.28. The summed E-state index contributed by atoms with van der Waals surface area (Å²) in [5, 5.41) is 0. The Labute approximate surface area is 117 Å². The molecule has 5 heteroatoms. The van der Waals surface area contributed by atoms with E-state index in [0.29, 0.717) is 6.42 Å². The molecule has 2 rings (SSSR count). The Hall–Kier alpha value is -1.55. The monoisotopic (exact) mass is 281 g/mol. The number of hydrogen-bond donors (Lipinski definition) is 0. The normalized spacial score (nSPS) is 21.3. The Bertz CT molecular complexity index is 487. The molecule has 1 aromatic rings. The highest BCUT2D eigenvalue weighted by molar-refractivity contribution is 6.28. The number of ether oxygens (including phenoxy) is 1. The summed E-state index contributed by atoms with van der Waals surface area (Å²) < 4.78 is 5.28. The van der Waals surface area contributed by atoms with Crippen molar-refractivity contribution in [2.75, 3.05) is 5.88 Å². The molecule has 19 heavy (non-hydrogen) atoms. The fraction of sp³-hybridized carbons (Fsp3) is 0.429. The molecule has 1 heterocycles. The molecule has 0 unspecified atom stereocenters. The molecule has 0 N–H and O–H groups in total. The van der Waals surface area contributed by atoms with E-state index in [1.165, 1.54) is 0 Å². The number of rotatable bonds is 3. The van der Waals surface area contributed by atoms with Gasteiger partial charge in [0.2, 0.25) is 5.91 Å². The van der Waals surface area contributed by atoms with Gasteiger partial charge in [0.25, 0.3) is 0 Å². The highest BCUT2D eigenvalue weighted by Gasteiger charge is 2.50. The second-order valence-electron chi connectivity index (χ2n) is 5.07. The van der Waals surface area contributed by atoms with E-state index in [9.17, 15) is 9.59 Å². The first-order valence-electron chi connectivity index (χ1n) is 6.10. The minimum Gasteiger partial charge on any atom is -0.441 e. The lowest BCUT2D eigenvalue weighted by molar-refractivity contribution is -0.127. The van der Waals surface area contributed by atoms with Gasteiger partial charge in [-0.1, -0.05) is 30.3 Å². The maximum atomic E-state index is 11.8. The third-order valence-electron chi connectivity index (χ3n) is 3.32. The standard InChI is InChI=1S/C14H16ClNO3/c1-14(2)11(8-10-6-4-3-5-7-10)16(12(17)9-15)13(18)19-14/h3-7,11H,8-9H2,1-2H3/t11-/m0/s1. The third-order valence-corrected chi connectivity index (χ3v) is 3.54. The van der Waals surface area contributed by atoms with Crippen molar-refractivity contribution < 1.29 is 14.3 Å². The number of imide groups is 1. The van der Waals surface area contributed by atoms with Crippen LogP contribution in [0.1, 0.15) is 19.4 Å². The van der Waals surface area contributed by atoms with Gasteiger partial charge in [-0.3, -0.25) is 4.79 Å². The highest BCUT2D eigenvalue weighted by Crippen LogP contribution is 2.32. The predicted molar refractivity (Wildman–Crippen MR) is 72.1 cm³/mol. The summed E-state index contributed by atoms with van der Waals surface area (Å²) in [7, 11) is 0. The van der Waals surface area contributed by atoms with Crippen LogP contribution in [0.25, 0.3) is 0 Å². The molecular formula is C14H16ClNO3. The van der Waals surface area contributed by atoms with E-state index in [-0.39, 0.29) is 11.9 Å². The number of hydrogen-bond acceptors (Lipinski definition) is 3. The van der Waals surface area contributed by atoms with Crippen molar-refractivity contribution in [1.29, 1.82) is 0 Å². The van der Waals surface area contributed by atoms with Gasteiger partial charge in [0, 0.05) is 0 Å². The Kier molecular flexibility index (Phi) is 3.80. The van der Waals surface area contributed by atoms with Gasteiger partial charge in [-0.25, -0.2) is 9.69 Å². The van der Waals surface area contributed by atoms with E-state index in [2.05, 4.69) is 0 Å². The van der Waals surface area contributed by atoms with E-state index in [0.717, 1.165) is 10.5 Å². The zero-order valence-corrected chi connectivity index (χ0v) is 11.7. The maximum absolute atomic E-state index is 11.8. The fourth-order valence-corrected chi connectivity index (χ4v) is 2.42. The molecule has 0 bridgehead atoms.